The zero-order valence-electron chi connectivity index (χ0n) is 11.4. The number of carboxylic acids is 1. The van der Waals surface area contributed by atoms with Crippen LogP contribution >= 0.6 is 11.8 Å². The van der Waals surface area contributed by atoms with Crippen molar-refractivity contribution in [3.05, 3.63) is 35.9 Å². The smallest absolute Gasteiger partial charge is 0.323 e. The number of thioether (sulfide) groups is 1. The molecular formula is C14H16N2O4S. The molecule has 0 spiro atoms. The molecule has 7 heteroatoms. The molecule has 0 unspecified atom stereocenters. The predicted octanol–water partition coefficient (Wildman–Crippen LogP) is 0.633. The van der Waals surface area contributed by atoms with E-state index in [1.807, 2.05) is 30.3 Å². The molecule has 1 aliphatic heterocycles. The van der Waals surface area contributed by atoms with E-state index in [9.17, 15) is 14.4 Å². The number of carbonyl (C=O) groups is 3. The number of hydrogen-bond acceptors (Lipinski definition) is 4. The number of carboxylic acid groups (broad SMARTS) is 1. The SMILES string of the molecule is O=C(O)CN(Cc1ccccc1)C(=O)CN1CSCC1=O. The third kappa shape index (κ3) is 4.49. The first-order valence-corrected chi connectivity index (χ1v) is 7.61. The van der Waals surface area contributed by atoms with Gasteiger partial charge in [-0.15, -0.1) is 11.8 Å². The summed E-state index contributed by atoms with van der Waals surface area (Å²) in [6.07, 6.45) is 0. The second-order valence-corrected chi connectivity index (χ2v) is 5.65. The van der Waals surface area contributed by atoms with Crippen LogP contribution in [0.3, 0.4) is 0 Å². The van der Waals surface area contributed by atoms with E-state index in [1.165, 1.54) is 21.6 Å². The predicted molar refractivity (Wildman–Crippen MR) is 78.5 cm³/mol. The minimum Gasteiger partial charge on any atom is -0.480 e. The van der Waals surface area contributed by atoms with Gasteiger partial charge in [-0.05, 0) is 5.56 Å². The maximum Gasteiger partial charge on any atom is 0.323 e. The Labute approximate surface area is 126 Å². The van der Waals surface area contributed by atoms with Gasteiger partial charge in [0.25, 0.3) is 0 Å². The fourth-order valence-electron chi connectivity index (χ4n) is 2.00. The van der Waals surface area contributed by atoms with Crippen LogP contribution in [0.15, 0.2) is 30.3 Å². The van der Waals surface area contributed by atoms with Crippen molar-refractivity contribution in [2.75, 3.05) is 24.7 Å². The van der Waals surface area contributed by atoms with Crippen molar-refractivity contribution in [2.24, 2.45) is 0 Å². The molecule has 2 rings (SSSR count). The maximum atomic E-state index is 12.2. The fourth-order valence-corrected chi connectivity index (χ4v) is 2.91. The minimum absolute atomic E-state index is 0.0635. The first-order valence-electron chi connectivity index (χ1n) is 6.45. The van der Waals surface area contributed by atoms with Crippen molar-refractivity contribution in [2.45, 2.75) is 6.54 Å². The Morgan fingerprint density at radius 3 is 2.57 bits per heavy atom. The van der Waals surface area contributed by atoms with Crippen LogP contribution < -0.4 is 0 Å². The Hall–Kier alpha value is -2.02. The third-order valence-corrected chi connectivity index (χ3v) is 3.99. The lowest BCUT2D eigenvalue weighted by atomic mass is 10.2. The van der Waals surface area contributed by atoms with Crippen molar-refractivity contribution >= 4 is 29.5 Å². The van der Waals surface area contributed by atoms with Crippen LogP contribution in [0.5, 0.6) is 0 Å². The Balaban J connectivity index is 2.02. The zero-order chi connectivity index (χ0) is 15.2. The van der Waals surface area contributed by atoms with Gasteiger partial charge in [-0.3, -0.25) is 14.4 Å². The first-order chi connectivity index (χ1) is 10.1. The van der Waals surface area contributed by atoms with E-state index in [0.29, 0.717) is 11.6 Å². The fraction of sp³-hybridized carbons (Fsp3) is 0.357. The molecule has 6 nitrogen and oxygen atoms in total. The van der Waals surface area contributed by atoms with Crippen LogP contribution in [-0.2, 0) is 20.9 Å². The van der Waals surface area contributed by atoms with Crippen LogP contribution in [0.4, 0.5) is 0 Å². The number of rotatable bonds is 6. The summed E-state index contributed by atoms with van der Waals surface area (Å²) in [4.78, 5) is 37.4. The Bertz CT molecular complexity index is 535. The molecule has 0 aliphatic carbocycles. The summed E-state index contributed by atoms with van der Waals surface area (Å²) in [5.41, 5.74) is 0.856. The van der Waals surface area contributed by atoms with E-state index in [-0.39, 0.29) is 31.4 Å². The van der Waals surface area contributed by atoms with Crippen molar-refractivity contribution in [3.8, 4) is 0 Å². The number of amides is 2. The number of benzene rings is 1. The quantitative estimate of drug-likeness (QED) is 0.834. The third-order valence-electron chi connectivity index (χ3n) is 3.05. The normalized spacial score (nSPS) is 14.3. The lowest BCUT2D eigenvalue weighted by molar-refractivity contribution is -0.146. The molecule has 21 heavy (non-hydrogen) atoms. The maximum absolute atomic E-state index is 12.2. The molecule has 0 bridgehead atoms. The van der Waals surface area contributed by atoms with Gasteiger partial charge in [-0.1, -0.05) is 30.3 Å². The van der Waals surface area contributed by atoms with Gasteiger partial charge in [-0.25, -0.2) is 0 Å². The van der Waals surface area contributed by atoms with E-state index in [4.69, 9.17) is 5.11 Å². The van der Waals surface area contributed by atoms with Crippen LogP contribution in [0.1, 0.15) is 5.56 Å². The first kappa shape index (κ1) is 15.4. The topological polar surface area (TPSA) is 77.9 Å². The van der Waals surface area contributed by atoms with Gasteiger partial charge in [0.15, 0.2) is 0 Å². The van der Waals surface area contributed by atoms with Gasteiger partial charge in [0.05, 0.1) is 11.6 Å². The Morgan fingerprint density at radius 1 is 1.29 bits per heavy atom. The molecule has 0 radical (unpaired) electrons. The molecule has 1 saturated heterocycles. The molecule has 0 aromatic heterocycles. The van der Waals surface area contributed by atoms with Crippen molar-refractivity contribution in [3.63, 3.8) is 0 Å². The number of nitrogens with zero attached hydrogens (tertiary/aromatic N) is 2. The largest absolute Gasteiger partial charge is 0.480 e. The number of carbonyl (C=O) groups excluding carboxylic acids is 2. The average molecular weight is 308 g/mol. The lowest BCUT2D eigenvalue weighted by Gasteiger charge is -2.23. The zero-order valence-corrected chi connectivity index (χ0v) is 12.2. The summed E-state index contributed by atoms with van der Waals surface area (Å²) in [7, 11) is 0. The van der Waals surface area contributed by atoms with Crippen molar-refractivity contribution < 1.29 is 19.5 Å². The number of hydrogen-bond donors (Lipinski definition) is 1. The highest BCUT2D eigenvalue weighted by Crippen LogP contribution is 2.15. The van der Waals surface area contributed by atoms with E-state index >= 15 is 0 Å². The monoisotopic (exact) mass is 308 g/mol. The molecule has 112 valence electrons. The lowest BCUT2D eigenvalue weighted by Crippen LogP contribution is -2.42. The van der Waals surface area contributed by atoms with Crippen LogP contribution in [0.25, 0.3) is 0 Å². The highest BCUT2D eigenvalue weighted by molar-refractivity contribution is 8.00. The highest BCUT2D eigenvalue weighted by atomic mass is 32.2. The van der Waals surface area contributed by atoms with Gasteiger partial charge in [0.2, 0.25) is 11.8 Å². The van der Waals surface area contributed by atoms with E-state index < -0.39 is 5.97 Å². The van der Waals surface area contributed by atoms with E-state index in [2.05, 4.69) is 0 Å². The molecule has 0 saturated carbocycles. The van der Waals surface area contributed by atoms with Crippen LogP contribution in [-0.4, -0.2) is 57.4 Å². The van der Waals surface area contributed by atoms with Gasteiger partial charge in [0, 0.05) is 6.54 Å². The van der Waals surface area contributed by atoms with Crippen LogP contribution in [0, 0.1) is 0 Å². The molecule has 1 aromatic carbocycles. The van der Waals surface area contributed by atoms with Gasteiger partial charge in [0.1, 0.15) is 13.1 Å². The van der Waals surface area contributed by atoms with Crippen LogP contribution in [0.2, 0.25) is 0 Å². The standard InChI is InChI=1S/C14H16N2O4S/c17-12(7-16-10-21-9-13(16)18)15(8-14(19)20)6-11-4-2-1-3-5-11/h1-5H,6-10H2,(H,19,20). The molecule has 0 atom stereocenters. The molecule has 1 N–H and O–H groups in total. The Kier molecular flexibility index (Phi) is 5.21. The molecular weight excluding hydrogens is 292 g/mol. The molecule has 1 aromatic rings. The minimum atomic E-state index is -1.07. The van der Waals surface area contributed by atoms with Gasteiger partial charge < -0.3 is 14.9 Å². The van der Waals surface area contributed by atoms with E-state index in [0.717, 1.165) is 5.56 Å². The molecule has 1 fully saturated rings. The summed E-state index contributed by atoms with van der Waals surface area (Å²) < 4.78 is 0. The van der Waals surface area contributed by atoms with Gasteiger partial charge >= 0.3 is 5.97 Å². The second-order valence-electron chi connectivity index (χ2n) is 4.70. The second kappa shape index (κ2) is 7.12. The van der Waals surface area contributed by atoms with Crippen molar-refractivity contribution in [1.29, 1.82) is 0 Å². The summed E-state index contributed by atoms with van der Waals surface area (Å²) in [5.74, 6) is -0.635. The summed E-state index contributed by atoms with van der Waals surface area (Å²) in [6.45, 7) is -0.212. The van der Waals surface area contributed by atoms with E-state index in [1.54, 1.807) is 0 Å². The average Bonchev–Trinajstić information content (AvgIpc) is 2.84. The number of aliphatic carboxylic acids is 1. The highest BCUT2D eigenvalue weighted by Gasteiger charge is 2.26. The molecule has 1 heterocycles. The van der Waals surface area contributed by atoms with Gasteiger partial charge in [-0.2, -0.15) is 0 Å². The Morgan fingerprint density at radius 2 is 2.00 bits per heavy atom. The summed E-state index contributed by atoms with van der Waals surface area (Å²) >= 11 is 1.45. The van der Waals surface area contributed by atoms with Crippen molar-refractivity contribution in [1.82, 2.24) is 9.80 Å². The molecule has 1 aliphatic rings. The molecule has 2 amide bonds. The summed E-state index contributed by atoms with van der Waals surface area (Å²) in [6, 6.07) is 9.18. The summed E-state index contributed by atoms with van der Waals surface area (Å²) in [5, 5.41) is 8.95.